The molecule has 0 aromatic rings. The average Bonchev–Trinajstić information content (AvgIpc) is 3.46. The van der Waals surface area contributed by atoms with E-state index in [9.17, 15) is 19.5 Å². The summed E-state index contributed by atoms with van der Waals surface area (Å²) >= 11 is 0. The molecule has 9 atom stereocenters. The van der Waals surface area contributed by atoms with E-state index in [0.29, 0.717) is 0 Å². The molecule has 5 aliphatic carbocycles. The van der Waals surface area contributed by atoms with Crippen LogP contribution >= 0.6 is 0 Å². The maximum atomic E-state index is 17.5. The Kier molecular flexibility index (Phi) is 6.81. The van der Waals surface area contributed by atoms with Crippen molar-refractivity contribution in [1.29, 1.82) is 5.26 Å². The van der Waals surface area contributed by atoms with Gasteiger partial charge in [-0.15, -0.1) is 0 Å². The highest BCUT2D eigenvalue weighted by atomic mass is 19.1. The van der Waals surface area contributed by atoms with Crippen molar-refractivity contribution in [3.8, 4) is 6.07 Å². The molecule has 0 amide bonds. The lowest BCUT2D eigenvalue weighted by Crippen LogP contribution is -2.71. The third-order valence-corrected chi connectivity index (χ3v) is 10.9. The van der Waals surface area contributed by atoms with Crippen LogP contribution in [0.1, 0.15) is 72.1 Å². The summed E-state index contributed by atoms with van der Waals surface area (Å²) in [4.78, 5) is 39.1. The Morgan fingerprint density at radius 2 is 1.90 bits per heavy atom. The molecule has 5 rings (SSSR count). The van der Waals surface area contributed by atoms with E-state index in [-0.39, 0.29) is 37.2 Å². The Bertz CT molecular complexity index is 1170. The Balaban J connectivity index is 1.57. The standard InChI is InChI=1S/C30H37F2NO6/c1-17-12-20-21-15-23(31)22-14-19(34)8-9-27(22,2)29(21,32)24(35)16-28(20,3)30(17,26(37)38-11-10-33)39-25(36)13-18-6-4-5-7-18/h8-9,14,17-18,20-21,23-24,35H,4-7,11-13,15-16H2,1-3H3/t17-,20+,21+,23+,24-,27+,28+,29+,30+/m1/s1. The minimum absolute atomic E-state index is 0.0186. The number of alkyl halides is 2. The Morgan fingerprint density at radius 1 is 1.21 bits per heavy atom. The summed E-state index contributed by atoms with van der Waals surface area (Å²) in [6, 6.07) is 1.77. The first-order chi connectivity index (χ1) is 18.3. The van der Waals surface area contributed by atoms with Gasteiger partial charge in [-0.3, -0.25) is 9.59 Å². The monoisotopic (exact) mass is 545 g/mol. The van der Waals surface area contributed by atoms with E-state index in [0.717, 1.165) is 31.8 Å². The number of halogens is 2. The van der Waals surface area contributed by atoms with Gasteiger partial charge >= 0.3 is 11.9 Å². The van der Waals surface area contributed by atoms with Gasteiger partial charge in [0.25, 0.3) is 0 Å². The van der Waals surface area contributed by atoms with E-state index < -0.39 is 76.5 Å². The number of aliphatic hydroxyl groups excluding tert-OH is 1. The van der Waals surface area contributed by atoms with Crippen molar-refractivity contribution in [2.24, 2.45) is 34.5 Å². The molecule has 0 bridgehead atoms. The first-order valence-electron chi connectivity index (χ1n) is 14.1. The number of esters is 2. The number of ether oxygens (including phenoxy) is 2. The summed E-state index contributed by atoms with van der Waals surface area (Å²) in [6.45, 7) is 4.39. The molecule has 0 aliphatic heterocycles. The fourth-order valence-electron chi connectivity index (χ4n) is 9.09. The highest BCUT2D eigenvalue weighted by molar-refractivity contribution is 6.01. The Morgan fingerprint density at radius 3 is 2.56 bits per heavy atom. The number of allylic oxidation sites excluding steroid dienone is 4. The van der Waals surface area contributed by atoms with Gasteiger partial charge in [-0.2, -0.15) is 5.26 Å². The molecular formula is C30H37F2NO6. The van der Waals surface area contributed by atoms with Gasteiger partial charge in [0.15, 0.2) is 18.1 Å². The molecule has 0 unspecified atom stereocenters. The van der Waals surface area contributed by atoms with Gasteiger partial charge in [-0.05, 0) is 68.6 Å². The lowest BCUT2D eigenvalue weighted by molar-refractivity contribution is -0.239. The topological polar surface area (TPSA) is 114 Å². The SMILES string of the molecule is C[C@@H]1C[C@H]2[C@@H]3C[C@H](F)C4=CC(=O)C=C[C@]4(C)[C@@]3(F)[C@H](O)C[C@]2(C)[C@@]1(OC(=O)CC1CCCC1)C(=O)OCC#N. The van der Waals surface area contributed by atoms with Crippen LogP contribution in [-0.4, -0.2) is 53.0 Å². The Hall–Kier alpha value is -2.60. The molecule has 0 saturated heterocycles. The molecule has 0 heterocycles. The molecular weight excluding hydrogens is 508 g/mol. The zero-order valence-electron chi connectivity index (χ0n) is 22.8. The number of rotatable bonds is 5. The van der Waals surface area contributed by atoms with Gasteiger partial charge in [0, 0.05) is 29.1 Å². The fourth-order valence-corrected chi connectivity index (χ4v) is 9.09. The molecule has 0 spiro atoms. The molecule has 0 aromatic heterocycles. The summed E-state index contributed by atoms with van der Waals surface area (Å²) in [5.41, 5.74) is -7.00. The van der Waals surface area contributed by atoms with Gasteiger partial charge in [-0.1, -0.05) is 32.8 Å². The quantitative estimate of drug-likeness (QED) is 0.507. The number of carbonyl (C=O) groups excluding carboxylic acids is 3. The van der Waals surface area contributed by atoms with Crippen LogP contribution in [-0.2, 0) is 23.9 Å². The van der Waals surface area contributed by atoms with Crippen LogP contribution in [0.25, 0.3) is 0 Å². The summed E-state index contributed by atoms with van der Waals surface area (Å²) in [5.74, 6) is -4.02. The molecule has 212 valence electrons. The van der Waals surface area contributed by atoms with Gasteiger partial charge < -0.3 is 14.6 Å². The third-order valence-electron chi connectivity index (χ3n) is 10.9. The van der Waals surface area contributed by atoms with Crippen molar-refractivity contribution < 1.29 is 37.7 Å². The van der Waals surface area contributed by atoms with E-state index in [4.69, 9.17) is 14.7 Å². The number of hydrogen-bond donors (Lipinski definition) is 1. The van der Waals surface area contributed by atoms with Crippen LogP contribution in [0.4, 0.5) is 8.78 Å². The lowest BCUT2D eigenvalue weighted by atomic mass is 9.44. The highest BCUT2D eigenvalue weighted by Gasteiger charge is 2.78. The van der Waals surface area contributed by atoms with E-state index in [2.05, 4.69) is 0 Å². The first kappa shape index (κ1) is 27.9. The number of hydrogen-bond acceptors (Lipinski definition) is 7. The van der Waals surface area contributed by atoms with Crippen LogP contribution in [0.5, 0.6) is 0 Å². The second-order valence-corrected chi connectivity index (χ2v) is 12.8. The van der Waals surface area contributed by atoms with Gasteiger partial charge in [0.1, 0.15) is 12.2 Å². The lowest BCUT2D eigenvalue weighted by Gasteiger charge is -2.63. The summed E-state index contributed by atoms with van der Waals surface area (Å²) in [5, 5.41) is 20.7. The molecule has 5 aliphatic rings. The molecule has 9 heteroatoms. The molecule has 4 saturated carbocycles. The predicted octanol–water partition coefficient (Wildman–Crippen LogP) is 4.48. The maximum absolute atomic E-state index is 17.5. The molecule has 39 heavy (non-hydrogen) atoms. The normalized spacial score (nSPS) is 45.0. The highest BCUT2D eigenvalue weighted by Crippen LogP contribution is 2.71. The zero-order chi connectivity index (χ0) is 28.4. The summed E-state index contributed by atoms with van der Waals surface area (Å²) in [6.07, 6.45) is 4.14. The number of nitriles is 1. The fraction of sp³-hybridized carbons (Fsp3) is 0.733. The number of fused-ring (bicyclic) bond motifs is 5. The van der Waals surface area contributed by atoms with Crippen molar-refractivity contribution in [2.45, 2.75) is 95.7 Å². The smallest absolute Gasteiger partial charge is 0.352 e. The van der Waals surface area contributed by atoms with E-state index >= 15 is 8.78 Å². The Labute approximate surface area is 227 Å². The third kappa shape index (κ3) is 3.77. The molecule has 0 radical (unpaired) electrons. The van der Waals surface area contributed by atoms with Crippen molar-refractivity contribution in [2.75, 3.05) is 6.61 Å². The zero-order valence-corrected chi connectivity index (χ0v) is 22.8. The number of carbonyl (C=O) groups is 3. The minimum Gasteiger partial charge on any atom is -0.447 e. The van der Waals surface area contributed by atoms with Crippen molar-refractivity contribution in [3.63, 3.8) is 0 Å². The van der Waals surface area contributed by atoms with E-state index in [1.165, 1.54) is 19.1 Å². The number of aliphatic hydroxyl groups is 1. The molecule has 4 fully saturated rings. The predicted molar refractivity (Wildman–Crippen MR) is 135 cm³/mol. The van der Waals surface area contributed by atoms with Crippen LogP contribution in [0.2, 0.25) is 0 Å². The van der Waals surface area contributed by atoms with E-state index in [1.54, 1.807) is 19.9 Å². The maximum Gasteiger partial charge on any atom is 0.352 e. The number of nitrogens with zero attached hydrogens (tertiary/aromatic N) is 1. The number of ketones is 1. The van der Waals surface area contributed by atoms with Crippen LogP contribution in [0, 0.1) is 45.8 Å². The van der Waals surface area contributed by atoms with Crippen molar-refractivity contribution in [1.82, 2.24) is 0 Å². The van der Waals surface area contributed by atoms with Crippen molar-refractivity contribution in [3.05, 3.63) is 23.8 Å². The second-order valence-electron chi connectivity index (χ2n) is 12.8. The van der Waals surface area contributed by atoms with Crippen molar-refractivity contribution >= 4 is 17.7 Å². The van der Waals surface area contributed by atoms with Crippen LogP contribution in [0.15, 0.2) is 23.8 Å². The summed E-state index contributed by atoms with van der Waals surface area (Å²) in [7, 11) is 0. The van der Waals surface area contributed by atoms with Crippen LogP contribution in [0.3, 0.4) is 0 Å². The van der Waals surface area contributed by atoms with Gasteiger partial charge in [0.05, 0.1) is 6.10 Å². The largest absolute Gasteiger partial charge is 0.447 e. The molecule has 0 aromatic carbocycles. The molecule has 1 N–H and O–H groups in total. The minimum atomic E-state index is -2.32. The summed E-state index contributed by atoms with van der Waals surface area (Å²) < 4.78 is 44.6. The first-order valence-corrected chi connectivity index (χ1v) is 14.1. The van der Waals surface area contributed by atoms with Crippen LogP contribution < -0.4 is 0 Å². The molecule has 7 nitrogen and oxygen atoms in total. The second kappa shape index (κ2) is 9.50. The van der Waals surface area contributed by atoms with Gasteiger partial charge in [-0.25, -0.2) is 13.6 Å². The van der Waals surface area contributed by atoms with E-state index in [1.807, 2.05) is 0 Å². The average molecular weight is 546 g/mol. The van der Waals surface area contributed by atoms with Gasteiger partial charge in [0.2, 0.25) is 5.60 Å².